The molecule has 0 spiro atoms. The Morgan fingerprint density at radius 2 is 2.12 bits per heavy atom. The number of rotatable bonds is 5. The Balaban J connectivity index is 1.64. The number of hydrogen-bond acceptors (Lipinski definition) is 3. The maximum atomic E-state index is 12.8. The lowest BCUT2D eigenvalue weighted by Crippen LogP contribution is -2.40. The largest absolute Gasteiger partial charge is 0.342 e. The molecule has 0 aromatic carbocycles. The summed E-state index contributed by atoms with van der Waals surface area (Å²) < 4.78 is 4.14. The van der Waals surface area contributed by atoms with E-state index in [1.54, 1.807) is 0 Å². The van der Waals surface area contributed by atoms with E-state index in [1.807, 2.05) is 29.7 Å². The molecule has 2 aromatic rings. The molecule has 1 aliphatic heterocycles. The van der Waals surface area contributed by atoms with Crippen LogP contribution in [0.5, 0.6) is 0 Å². The van der Waals surface area contributed by atoms with E-state index in [0.717, 1.165) is 49.6 Å². The van der Waals surface area contributed by atoms with Gasteiger partial charge in [-0.05, 0) is 52.5 Å². The van der Waals surface area contributed by atoms with Crippen molar-refractivity contribution in [2.75, 3.05) is 13.1 Å². The quantitative estimate of drug-likeness (QED) is 0.826. The number of piperidine rings is 1. The molecule has 26 heavy (non-hydrogen) atoms. The van der Waals surface area contributed by atoms with Gasteiger partial charge in [0.15, 0.2) is 0 Å². The summed E-state index contributed by atoms with van der Waals surface area (Å²) in [4.78, 5) is 19.4. The SMILES string of the molecule is Cc1nn(C)c(C)c1CCC(=O)N1CCC[C@H](c2nccn2C(C)C)C1. The van der Waals surface area contributed by atoms with Gasteiger partial charge in [-0.3, -0.25) is 9.48 Å². The first kappa shape index (κ1) is 18.7. The first-order chi connectivity index (χ1) is 12.4. The number of aryl methyl sites for hydroxylation is 2. The molecule has 1 amide bonds. The van der Waals surface area contributed by atoms with Crippen molar-refractivity contribution in [3.63, 3.8) is 0 Å². The fourth-order valence-electron chi connectivity index (χ4n) is 4.06. The van der Waals surface area contributed by atoms with Crippen LogP contribution >= 0.6 is 0 Å². The molecule has 1 fully saturated rings. The first-order valence-corrected chi connectivity index (χ1v) is 9.68. The predicted octanol–water partition coefficient (Wildman–Crippen LogP) is 3.15. The van der Waals surface area contributed by atoms with E-state index >= 15 is 0 Å². The van der Waals surface area contributed by atoms with Crippen LogP contribution in [-0.4, -0.2) is 43.2 Å². The third-order valence-electron chi connectivity index (χ3n) is 5.64. The second-order valence-electron chi connectivity index (χ2n) is 7.74. The van der Waals surface area contributed by atoms with Gasteiger partial charge >= 0.3 is 0 Å². The summed E-state index contributed by atoms with van der Waals surface area (Å²) >= 11 is 0. The predicted molar refractivity (Wildman–Crippen MR) is 102 cm³/mol. The van der Waals surface area contributed by atoms with E-state index in [9.17, 15) is 4.79 Å². The number of carbonyl (C=O) groups excluding carboxylic acids is 1. The molecule has 142 valence electrons. The molecule has 0 aliphatic carbocycles. The van der Waals surface area contributed by atoms with Gasteiger partial charge in [0.1, 0.15) is 5.82 Å². The number of nitrogens with zero attached hydrogens (tertiary/aromatic N) is 5. The lowest BCUT2D eigenvalue weighted by molar-refractivity contribution is -0.132. The average molecular weight is 358 g/mol. The Hall–Kier alpha value is -2.11. The van der Waals surface area contributed by atoms with E-state index in [0.29, 0.717) is 18.4 Å². The molecule has 1 aliphatic rings. The highest BCUT2D eigenvalue weighted by Gasteiger charge is 2.28. The number of imidazole rings is 1. The maximum Gasteiger partial charge on any atom is 0.222 e. The molecule has 6 heteroatoms. The third-order valence-corrected chi connectivity index (χ3v) is 5.64. The van der Waals surface area contributed by atoms with Gasteiger partial charge in [-0.25, -0.2) is 4.98 Å². The molecule has 0 bridgehead atoms. The standard InChI is InChI=1S/C20H31N5O/c1-14(2)25-12-10-21-20(25)17-7-6-11-24(13-17)19(26)9-8-18-15(3)22-23(5)16(18)4/h10,12,14,17H,6-9,11,13H2,1-5H3/t17-/m0/s1. The van der Waals surface area contributed by atoms with Gasteiger partial charge in [0.25, 0.3) is 0 Å². The topological polar surface area (TPSA) is 56.0 Å². The van der Waals surface area contributed by atoms with Crippen molar-refractivity contribution in [2.24, 2.45) is 7.05 Å². The molecule has 2 aromatic heterocycles. The van der Waals surface area contributed by atoms with Gasteiger partial charge in [0.05, 0.1) is 5.69 Å². The van der Waals surface area contributed by atoms with Crippen LogP contribution in [-0.2, 0) is 18.3 Å². The summed E-state index contributed by atoms with van der Waals surface area (Å²) in [6.45, 7) is 10.1. The van der Waals surface area contributed by atoms with Gasteiger partial charge in [0.2, 0.25) is 5.91 Å². The van der Waals surface area contributed by atoms with E-state index in [-0.39, 0.29) is 5.91 Å². The van der Waals surface area contributed by atoms with Crippen LogP contribution in [0.4, 0.5) is 0 Å². The summed E-state index contributed by atoms with van der Waals surface area (Å²) in [5, 5.41) is 4.45. The number of amides is 1. The first-order valence-electron chi connectivity index (χ1n) is 9.68. The molecule has 3 heterocycles. The van der Waals surface area contributed by atoms with Crippen LogP contribution in [0.25, 0.3) is 0 Å². The number of carbonyl (C=O) groups is 1. The Bertz CT molecular complexity index is 773. The molecule has 0 saturated carbocycles. The Morgan fingerprint density at radius 1 is 1.35 bits per heavy atom. The van der Waals surface area contributed by atoms with Gasteiger partial charge in [-0.1, -0.05) is 0 Å². The van der Waals surface area contributed by atoms with Crippen molar-refractivity contribution in [1.82, 2.24) is 24.2 Å². The zero-order chi connectivity index (χ0) is 18.8. The van der Waals surface area contributed by atoms with Crippen LogP contribution in [0, 0.1) is 13.8 Å². The van der Waals surface area contributed by atoms with Crippen LogP contribution in [0.1, 0.15) is 67.8 Å². The molecule has 6 nitrogen and oxygen atoms in total. The minimum absolute atomic E-state index is 0.250. The van der Waals surface area contributed by atoms with Crippen LogP contribution < -0.4 is 0 Å². The lowest BCUT2D eigenvalue weighted by atomic mass is 9.96. The molecule has 0 N–H and O–H groups in total. The monoisotopic (exact) mass is 357 g/mol. The van der Waals surface area contributed by atoms with Crippen molar-refractivity contribution in [3.05, 3.63) is 35.2 Å². The van der Waals surface area contributed by atoms with E-state index in [1.165, 1.54) is 5.56 Å². The van der Waals surface area contributed by atoms with Crippen molar-refractivity contribution in [1.29, 1.82) is 0 Å². The van der Waals surface area contributed by atoms with E-state index in [2.05, 4.69) is 41.6 Å². The Kier molecular flexibility index (Phi) is 5.49. The van der Waals surface area contributed by atoms with E-state index in [4.69, 9.17) is 0 Å². The normalized spacial score (nSPS) is 17.9. The second-order valence-corrected chi connectivity index (χ2v) is 7.74. The maximum absolute atomic E-state index is 12.8. The Morgan fingerprint density at radius 3 is 2.77 bits per heavy atom. The summed E-state index contributed by atoms with van der Waals surface area (Å²) in [7, 11) is 1.96. The minimum Gasteiger partial charge on any atom is -0.342 e. The zero-order valence-electron chi connectivity index (χ0n) is 16.7. The number of aromatic nitrogens is 4. The fraction of sp³-hybridized carbons (Fsp3) is 0.650. The van der Waals surface area contributed by atoms with Gasteiger partial charge in [-0.15, -0.1) is 0 Å². The van der Waals surface area contributed by atoms with Crippen molar-refractivity contribution in [2.45, 2.75) is 65.3 Å². The molecular weight excluding hydrogens is 326 g/mol. The number of likely N-dealkylation sites (tertiary alicyclic amines) is 1. The molecule has 3 rings (SSSR count). The zero-order valence-corrected chi connectivity index (χ0v) is 16.7. The van der Waals surface area contributed by atoms with Crippen molar-refractivity contribution in [3.8, 4) is 0 Å². The molecule has 0 radical (unpaired) electrons. The molecule has 1 atom stereocenters. The highest BCUT2D eigenvalue weighted by Crippen LogP contribution is 2.28. The summed E-state index contributed by atoms with van der Waals surface area (Å²) in [5.41, 5.74) is 3.41. The van der Waals surface area contributed by atoms with Crippen molar-refractivity contribution >= 4 is 5.91 Å². The van der Waals surface area contributed by atoms with Crippen molar-refractivity contribution < 1.29 is 4.79 Å². The summed E-state index contributed by atoms with van der Waals surface area (Å²) in [6.07, 6.45) is 7.41. The highest BCUT2D eigenvalue weighted by atomic mass is 16.2. The van der Waals surface area contributed by atoms with Gasteiger partial charge < -0.3 is 9.47 Å². The minimum atomic E-state index is 0.250. The van der Waals surface area contributed by atoms with Crippen LogP contribution in [0.15, 0.2) is 12.4 Å². The third kappa shape index (κ3) is 3.69. The summed E-state index contributed by atoms with van der Waals surface area (Å²) in [5.74, 6) is 1.71. The van der Waals surface area contributed by atoms with Gasteiger partial charge in [0, 0.05) is 56.6 Å². The molecular formula is C20H31N5O. The summed E-state index contributed by atoms with van der Waals surface area (Å²) in [6, 6.07) is 0.398. The molecule has 1 saturated heterocycles. The molecule has 0 unspecified atom stereocenters. The smallest absolute Gasteiger partial charge is 0.222 e. The van der Waals surface area contributed by atoms with Crippen LogP contribution in [0.2, 0.25) is 0 Å². The highest BCUT2D eigenvalue weighted by molar-refractivity contribution is 5.76. The number of hydrogen-bond donors (Lipinski definition) is 0. The fourth-order valence-corrected chi connectivity index (χ4v) is 4.06. The lowest BCUT2D eigenvalue weighted by Gasteiger charge is -2.33. The van der Waals surface area contributed by atoms with Gasteiger partial charge in [-0.2, -0.15) is 5.10 Å². The van der Waals surface area contributed by atoms with Crippen LogP contribution in [0.3, 0.4) is 0 Å². The Labute approximate surface area is 156 Å². The van der Waals surface area contributed by atoms with E-state index < -0.39 is 0 Å². The average Bonchev–Trinajstić information content (AvgIpc) is 3.19. The second kappa shape index (κ2) is 7.64.